The molecule has 2 heterocycles. The third-order valence-corrected chi connectivity index (χ3v) is 5.63. The van der Waals surface area contributed by atoms with Gasteiger partial charge < -0.3 is 15.4 Å². The van der Waals surface area contributed by atoms with E-state index in [1.807, 2.05) is 19.1 Å². The van der Waals surface area contributed by atoms with Crippen molar-refractivity contribution in [2.45, 2.75) is 58.7 Å². The molecule has 1 aliphatic carbocycles. The van der Waals surface area contributed by atoms with Crippen molar-refractivity contribution in [3.8, 4) is 5.88 Å². The number of aryl methyl sites for hydroxylation is 2. The highest BCUT2D eigenvalue weighted by molar-refractivity contribution is 14.0. The van der Waals surface area contributed by atoms with Gasteiger partial charge >= 0.3 is 0 Å². The smallest absolute Gasteiger partial charge is 0.213 e. The molecule has 2 aromatic rings. The minimum absolute atomic E-state index is 0. The second-order valence-corrected chi connectivity index (χ2v) is 7.84. The lowest BCUT2D eigenvalue weighted by molar-refractivity contribution is 0.201. The number of hydrogen-bond donors (Lipinski definition) is 2. The number of nitrogens with one attached hydrogen (secondary N) is 2. The average molecular weight is 501 g/mol. The Kier molecular flexibility index (Phi) is 8.75. The number of guanidine groups is 1. The van der Waals surface area contributed by atoms with Gasteiger partial charge in [0.2, 0.25) is 5.88 Å². The molecule has 0 radical (unpaired) electrons. The molecule has 0 bridgehead atoms. The summed E-state index contributed by atoms with van der Waals surface area (Å²) in [6.45, 7) is 5.47. The lowest BCUT2D eigenvalue weighted by Crippen LogP contribution is -2.36. The predicted molar refractivity (Wildman–Crippen MR) is 121 cm³/mol. The van der Waals surface area contributed by atoms with Gasteiger partial charge in [-0.05, 0) is 51.2 Å². The zero-order valence-electron chi connectivity index (χ0n) is 16.1. The van der Waals surface area contributed by atoms with Crippen molar-refractivity contribution in [2.24, 2.45) is 4.99 Å². The van der Waals surface area contributed by atoms with Gasteiger partial charge in [0.15, 0.2) is 5.96 Å². The van der Waals surface area contributed by atoms with Gasteiger partial charge in [-0.25, -0.2) is 9.97 Å². The van der Waals surface area contributed by atoms with E-state index in [-0.39, 0.29) is 24.0 Å². The Labute approximate surface area is 182 Å². The Hall–Kier alpha value is -1.42. The number of aliphatic imine (C=N–C) groups is 1. The fourth-order valence-corrected chi connectivity index (χ4v) is 3.86. The molecule has 1 aliphatic rings. The van der Waals surface area contributed by atoms with Gasteiger partial charge in [-0.15, -0.1) is 35.3 Å². The molecule has 0 saturated heterocycles. The summed E-state index contributed by atoms with van der Waals surface area (Å²) >= 11 is 1.72. The Morgan fingerprint density at radius 2 is 2.00 bits per heavy atom. The first kappa shape index (κ1) is 21.9. The van der Waals surface area contributed by atoms with Crippen LogP contribution in [-0.4, -0.2) is 29.1 Å². The fraction of sp³-hybridized carbons (Fsp3) is 0.526. The first-order valence-electron chi connectivity index (χ1n) is 9.13. The van der Waals surface area contributed by atoms with Crippen LogP contribution < -0.4 is 15.4 Å². The van der Waals surface area contributed by atoms with Crippen molar-refractivity contribution < 1.29 is 4.74 Å². The maximum atomic E-state index is 5.98. The molecule has 0 spiro atoms. The number of ether oxygens (including phenoxy) is 1. The Morgan fingerprint density at radius 3 is 2.67 bits per heavy atom. The van der Waals surface area contributed by atoms with Crippen LogP contribution in [0.25, 0.3) is 0 Å². The van der Waals surface area contributed by atoms with Crippen LogP contribution in [0.5, 0.6) is 5.88 Å². The van der Waals surface area contributed by atoms with Crippen LogP contribution in [0.15, 0.2) is 23.3 Å². The number of rotatable bonds is 6. The summed E-state index contributed by atoms with van der Waals surface area (Å²) in [5.41, 5.74) is 2.22. The van der Waals surface area contributed by atoms with Gasteiger partial charge in [-0.3, -0.25) is 4.99 Å². The number of hydrogen-bond acceptors (Lipinski definition) is 5. The van der Waals surface area contributed by atoms with E-state index in [2.05, 4.69) is 32.5 Å². The van der Waals surface area contributed by atoms with Crippen LogP contribution >= 0.6 is 35.3 Å². The van der Waals surface area contributed by atoms with E-state index >= 15 is 0 Å². The average Bonchev–Trinajstić information content (AvgIpc) is 3.25. The van der Waals surface area contributed by atoms with Crippen LogP contribution in [0.4, 0.5) is 0 Å². The van der Waals surface area contributed by atoms with Gasteiger partial charge in [-0.1, -0.05) is 0 Å². The molecule has 6 nitrogen and oxygen atoms in total. The summed E-state index contributed by atoms with van der Waals surface area (Å²) in [4.78, 5) is 14.4. The standard InChI is InChI=1S/C19H27N5OS.HI/c1-13-14(2)26-18(24-13)12-23-19(20-3)22-11-15-8-9-21-17(10-15)25-16-6-4-5-7-16;/h8-10,16H,4-7,11-12H2,1-3H3,(H2,20,22,23);1H. The van der Waals surface area contributed by atoms with Gasteiger partial charge in [0, 0.05) is 30.7 Å². The number of halogens is 1. The fourth-order valence-electron chi connectivity index (χ4n) is 2.98. The third-order valence-electron chi connectivity index (χ3n) is 4.55. The molecular weight excluding hydrogens is 473 g/mol. The van der Waals surface area contributed by atoms with E-state index < -0.39 is 0 Å². The predicted octanol–water partition coefficient (Wildman–Crippen LogP) is 3.96. The van der Waals surface area contributed by atoms with Crippen molar-refractivity contribution in [1.29, 1.82) is 0 Å². The number of nitrogens with zero attached hydrogens (tertiary/aromatic N) is 3. The van der Waals surface area contributed by atoms with Crippen LogP contribution in [-0.2, 0) is 13.1 Å². The van der Waals surface area contributed by atoms with E-state index in [4.69, 9.17) is 4.74 Å². The Balaban J connectivity index is 0.00000261. The first-order chi connectivity index (χ1) is 12.6. The molecule has 8 heteroatoms. The summed E-state index contributed by atoms with van der Waals surface area (Å²) in [6, 6.07) is 4.00. The van der Waals surface area contributed by atoms with E-state index in [0.29, 0.717) is 25.1 Å². The second kappa shape index (κ2) is 10.8. The minimum Gasteiger partial charge on any atom is -0.474 e. The molecule has 1 saturated carbocycles. The molecule has 1 fully saturated rings. The lowest BCUT2D eigenvalue weighted by Gasteiger charge is -2.14. The maximum Gasteiger partial charge on any atom is 0.213 e. The molecule has 2 aromatic heterocycles. The molecule has 27 heavy (non-hydrogen) atoms. The van der Waals surface area contributed by atoms with E-state index in [0.717, 1.165) is 35.1 Å². The van der Waals surface area contributed by atoms with Gasteiger partial charge in [0.1, 0.15) is 11.1 Å². The molecular formula is C19H28IN5OS. The van der Waals surface area contributed by atoms with Gasteiger partial charge in [-0.2, -0.15) is 0 Å². The highest BCUT2D eigenvalue weighted by Gasteiger charge is 2.17. The third kappa shape index (κ3) is 6.60. The summed E-state index contributed by atoms with van der Waals surface area (Å²) in [7, 11) is 1.77. The Bertz CT molecular complexity index is 739. The molecule has 0 aliphatic heterocycles. The van der Waals surface area contributed by atoms with E-state index in [9.17, 15) is 0 Å². The van der Waals surface area contributed by atoms with Crippen LogP contribution in [0.3, 0.4) is 0 Å². The normalized spacial score (nSPS) is 14.7. The summed E-state index contributed by atoms with van der Waals surface area (Å²) in [5.74, 6) is 1.47. The largest absolute Gasteiger partial charge is 0.474 e. The molecule has 0 amide bonds. The quantitative estimate of drug-likeness (QED) is 0.356. The van der Waals surface area contributed by atoms with Crippen LogP contribution in [0.1, 0.15) is 46.8 Å². The van der Waals surface area contributed by atoms with Crippen molar-refractivity contribution in [2.75, 3.05) is 7.05 Å². The van der Waals surface area contributed by atoms with Crippen molar-refractivity contribution in [3.05, 3.63) is 39.5 Å². The van der Waals surface area contributed by atoms with Gasteiger partial charge in [0.25, 0.3) is 0 Å². The van der Waals surface area contributed by atoms with Crippen LogP contribution in [0, 0.1) is 13.8 Å². The SMILES string of the molecule is CN=C(NCc1ccnc(OC2CCCC2)c1)NCc1nc(C)c(C)s1.I. The molecule has 0 unspecified atom stereocenters. The number of aromatic nitrogens is 2. The summed E-state index contributed by atoms with van der Waals surface area (Å²) in [5, 5.41) is 7.71. The van der Waals surface area contributed by atoms with Crippen molar-refractivity contribution in [3.63, 3.8) is 0 Å². The Morgan fingerprint density at radius 1 is 1.26 bits per heavy atom. The molecule has 148 valence electrons. The van der Waals surface area contributed by atoms with E-state index in [1.54, 1.807) is 24.6 Å². The monoisotopic (exact) mass is 501 g/mol. The minimum atomic E-state index is 0. The highest BCUT2D eigenvalue weighted by Crippen LogP contribution is 2.23. The second-order valence-electron chi connectivity index (χ2n) is 6.56. The van der Waals surface area contributed by atoms with Gasteiger partial charge in [0.05, 0.1) is 12.2 Å². The van der Waals surface area contributed by atoms with Crippen LogP contribution in [0.2, 0.25) is 0 Å². The van der Waals surface area contributed by atoms with Crippen molar-refractivity contribution >= 4 is 41.3 Å². The first-order valence-corrected chi connectivity index (χ1v) is 9.94. The number of thiazole rings is 1. The zero-order chi connectivity index (χ0) is 18.4. The topological polar surface area (TPSA) is 71.4 Å². The van der Waals surface area contributed by atoms with Crippen molar-refractivity contribution in [1.82, 2.24) is 20.6 Å². The zero-order valence-corrected chi connectivity index (χ0v) is 19.3. The highest BCUT2D eigenvalue weighted by atomic mass is 127. The maximum absolute atomic E-state index is 5.98. The molecule has 2 N–H and O–H groups in total. The molecule has 3 rings (SSSR count). The summed E-state index contributed by atoms with van der Waals surface area (Å²) < 4.78 is 5.98. The summed E-state index contributed by atoms with van der Waals surface area (Å²) in [6.07, 6.45) is 6.91. The molecule has 0 atom stereocenters. The lowest BCUT2D eigenvalue weighted by atomic mass is 10.2. The molecule has 0 aromatic carbocycles. The van der Waals surface area contributed by atoms with E-state index in [1.165, 1.54) is 17.7 Å². The number of pyridine rings is 1.